The van der Waals surface area contributed by atoms with Crippen LogP contribution in [0.4, 0.5) is 0 Å². The topological polar surface area (TPSA) is 57.2 Å². The summed E-state index contributed by atoms with van der Waals surface area (Å²) in [5, 5.41) is 8.94. The van der Waals surface area contributed by atoms with Crippen LogP contribution in [0, 0.1) is 0 Å². The molecule has 0 aliphatic rings. The molecule has 0 spiro atoms. The second-order valence-corrected chi connectivity index (χ2v) is 1.65. The molecule has 0 N–H and O–H groups in total. The Bertz CT molecular complexity index is 100. The van der Waals surface area contributed by atoms with Crippen LogP contribution in [0.5, 0.6) is 0 Å². The molecule has 3 nitrogen and oxygen atoms in total. The molecule has 0 rings (SSSR count). The summed E-state index contributed by atoms with van der Waals surface area (Å²) < 4.78 is 0. The molecule has 0 amide bonds. The predicted octanol–water partition coefficient (Wildman–Crippen LogP) is -3.71. The van der Waals surface area contributed by atoms with Crippen molar-refractivity contribution in [3.05, 3.63) is 0 Å². The monoisotopic (exact) mass is 142 g/mol. The van der Waals surface area contributed by atoms with Crippen LogP contribution >= 0.6 is 11.6 Å². The van der Waals surface area contributed by atoms with Gasteiger partial charge in [-0.15, -0.1) is 0 Å². The van der Waals surface area contributed by atoms with Gasteiger partial charge in [-0.1, -0.05) is 0 Å². The number of carboxylic acid groups (broad SMARTS) is 1. The van der Waals surface area contributed by atoms with Crippen molar-refractivity contribution in [2.24, 2.45) is 0 Å². The molecule has 9 heavy (non-hydrogen) atoms. The Balaban J connectivity index is 0. The second kappa shape index (κ2) is 6.15. The number of hydrogen-bond donors (Lipinski definition) is 0. The van der Waals surface area contributed by atoms with Crippen LogP contribution in [-0.4, -0.2) is 11.2 Å². The molecule has 0 aromatic rings. The molecule has 5 heteroatoms. The van der Waals surface area contributed by atoms with Crippen molar-refractivity contribution < 1.29 is 33.6 Å². The van der Waals surface area contributed by atoms with E-state index in [1.807, 2.05) is 0 Å². The van der Waals surface area contributed by atoms with Gasteiger partial charge in [0.2, 0.25) is 5.24 Å². The minimum absolute atomic E-state index is 0. The maximum Gasteiger partial charge on any atom is 1.00 e. The standard InChI is InChI=1S/C4H5ClO3.Li/c5-3(6)1-2-4(7)8;/h1-2H2,(H,7,8);/q;+1/p-1. The maximum absolute atomic E-state index is 9.82. The molecular formula is C4H4ClLiO3. The summed E-state index contributed by atoms with van der Waals surface area (Å²) in [5.41, 5.74) is 0. The minimum Gasteiger partial charge on any atom is -0.550 e. The van der Waals surface area contributed by atoms with Crippen LogP contribution < -0.4 is 24.0 Å². The van der Waals surface area contributed by atoms with Crippen LogP contribution in [0.3, 0.4) is 0 Å². The van der Waals surface area contributed by atoms with E-state index in [1.165, 1.54) is 0 Å². The summed E-state index contributed by atoms with van der Waals surface area (Å²) in [4.78, 5) is 19.4. The molecule has 0 atom stereocenters. The number of rotatable bonds is 3. The molecule has 0 unspecified atom stereocenters. The quantitative estimate of drug-likeness (QED) is 0.301. The summed E-state index contributed by atoms with van der Waals surface area (Å²) in [6, 6.07) is 0. The Kier molecular flexibility index (Phi) is 8.05. The Labute approximate surface area is 69.6 Å². The van der Waals surface area contributed by atoms with Crippen molar-refractivity contribution in [1.82, 2.24) is 0 Å². The molecule has 0 aromatic heterocycles. The minimum atomic E-state index is -1.25. The smallest absolute Gasteiger partial charge is 0.550 e. The summed E-state index contributed by atoms with van der Waals surface area (Å²) >= 11 is 4.79. The molecule has 0 aromatic carbocycles. The Morgan fingerprint density at radius 2 is 1.78 bits per heavy atom. The van der Waals surface area contributed by atoms with Crippen molar-refractivity contribution in [3.63, 3.8) is 0 Å². The van der Waals surface area contributed by atoms with Gasteiger partial charge in [0, 0.05) is 12.4 Å². The van der Waals surface area contributed by atoms with Gasteiger partial charge in [-0.05, 0) is 18.0 Å². The Hall–Kier alpha value is 0.0274. The van der Waals surface area contributed by atoms with Crippen molar-refractivity contribution in [3.8, 4) is 0 Å². The normalized spacial score (nSPS) is 7.67. The van der Waals surface area contributed by atoms with E-state index in [2.05, 4.69) is 0 Å². The molecule has 0 fully saturated rings. The number of halogens is 1. The fourth-order valence-electron chi connectivity index (χ4n) is 0.200. The molecule has 0 aliphatic carbocycles. The van der Waals surface area contributed by atoms with E-state index in [-0.39, 0.29) is 31.7 Å². The van der Waals surface area contributed by atoms with Gasteiger partial charge in [-0.25, -0.2) is 0 Å². The van der Waals surface area contributed by atoms with Gasteiger partial charge in [0.15, 0.2) is 0 Å². The molecule has 0 heterocycles. The van der Waals surface area contributed by atoms with Gasteiger partial charge in [-0.3, -0.25) is 4.79 Å². The zero-order chi connectivity index (χ0) is 6.57. The molecule has 0 saturated carbocycles. The average molecular weight is 142 g/mol. The van der Waals surface area contributed by atoms with E-state index >= 15 is 0 Å². The first kappa shape index (κ1) is 11.8. The molecule has 0 aliphatic heterocycles. The third kappa shape index (κ3) is 11.5. The zero-order valence-corrected chi connectivity index (χ0v) is 5.77. The third-order valence-electron chi connectivity index (χ3n) is 0.526. The fourth-order valence-corrected chi connectivity index (χ4v) is 0.295. The summed E-state index contributed by atoms with van der Waals surface area (Å²) in [7, 11) is 0. The number of carboxylic acids is 1. The Morgan fingerprint density at radius 3 is 1.89 bits per heavy atom. The summed E-state index contributed by atoms with van der Waals surface area (Å²) in [6.07, 6.45) is -0.438. The van der Waals surface area contributed by atoms with E-state index in [0.29, 0.717) is 0 Å². The van der Waals surface area contributed by atoms with Gasteiger partial charge in [-0.2, -0.15) is 0 Å². The van der Waals surface area contributed by atoms with Crippen LogP contribution in [-0.2, 0) is 9.59 Å². The van der Waals surface area contributed by atoms with E-state index in [9.17, 15) is 14.7 Å². The van der Waals surface area contributed by atoms with Gasteiger partial charge in [0.1, 0.15) is 0 Å². The van der Waals surface area contributed by atoms with Crippen molar-refractivity contribution in [1.29, 1.82) is 0 Å². The third-order valence-corrected chi connectivity index (χ3v) is 0.715. The van der Waals surface area contributed by atoms with Gasteiger partial charge < -0.3 is 9.90 Å². The van der Waals surface area contributed by atoms with E-state index < -0.39 is 11.2 Å². The average Bonchev–Trinajstić information content (AvgIpc) is 1.61. The first-order valence-electron chi connectivity index (χ1n) is 2.01. The fraction of sp³-hybridized carbons (Fsp3) is 0.500. The van der Waals surface area contributed by atoms with Gasteiger partial charge in [0.25, 0.3) is 0 Å². The van der Waals surface area contributed by atoms with E-state index in [1.54, 1.807) is 0 Å². The predicted molar refractivity (Wildman–Crippen MR) is 25.1 cm³/mol. The number of carbonyl (C=O) groups excluding carboxylic acids is 2. The van der Waals surface area contributed by atoms with Crippen molar-refractivity contribution >= 4 is 22.8 Å². The molecule has 0 radical (unpaired) electrons. The first-order chi connectivity index (χ1) is 3.63. The van der Waals surface area contributed by atoms with Crippen molar-refractivity contribution in [2.45, 2.75) is 12.8 Å². The Morgan fingerprint density at radius 1 is 1.33 bits per heavy atom. The number of carbonyl (C=O) groups is 2. The largest absolute Gasteiger partial charge is 1.00 e. The molecule has 0 saturated heterocycles. The summed E-state index contributed by atoms with van der Waals surface area (Å²) in [6.45, 7) is 0. The molecule has 0 bridgehead atoms. The maximum atomic E-state index is 9.82. The van der Waals surface area contributed by atoms with Crippen LogP contribution in [0.1, 0.15) is 12.8 Å². The van der Waals surface area contributed by atoms with Crippen LogP contribution in [0.15, 0.2) is 0 Å². The van der Waals surface area contributed by atoms with Crippen LogP contribution in [0.25, 0.3) is 0 Å². The zero-order valence-electron chi connectivity index (χ0n) is 5.02. The van der Waals surface area contributed by atoms with Gasteiger partial charge in [0.05, 0.1) is 0 Å². The molecule has 46 valence electrons. The second-order valence-electron chi connectivity index (χ2n) is 1.23. The first-order valence-corrected chi connectivity index (χ1v) is 2.39. The van der Waals surface area contributed by atoms with E-state index in [4.69, 9.17) is 11.6 Å². The van der Waals surface area contributed by atoms with Gasteiger partial charge >= 0.3 is 18.9 Å². The van der Waals surface area contributed by atoms with Crippen LogP contribution in [0.2, 0.25) is 0 Å². The summed E-state index contributed by atoms with van der Waals surface area (Å²) in [5.74, 6) is -1.25. The SMILES string of the molecule is O=C([O-])CCC(=O)Cl.[Li+]. The number of hydrogen-bond acceptors (Lipinski definition) is 3. The van der Waals surface area contributed by atoms with Crippen molar-refractivity contribution in [2.75, 3.05) is 0 Å². The molecular weight excluding hydrogens is 138 g/mol. The number of aliphatic carboxylic acids is 1. The van der Waals surface area contributed by atoms with E-state index in [0.717, 1.165) is 0 Å².